The molecule has 3 amide bonds. The average molecular weight is 441 g/mol. The number of aliphatic carboxylic acids is 1. The van der Waals surface area contributed by atoms with E-state index >= 15 is 0 Å². The van der Waals surface area contributed by atoms with Gasteiger partial charge in [-0.3, -0.25) is 14.9 Å². The molecule has 168 valence electrons. The summed E-state index contributed by atoms with van der Waals surface area (Å²) in [6.07, 6.45) is 4.69. The number of benzene rings is 1. The third-order valence-corrected chi connectivity index (χ3v) is 6.59. The van der Waals surface area contributed by atoms with Gasteiger partial charge in [0.05, 0.1) is 5.41 Å². The Bertz CT molecular complexity index is 1020. The molecule has 1 aromatic heterocycles. The van der Waals surface area contributed by atoms with Crippen molar-refractivity contribution in [3.8, 4) is 0 Å². The molecule has 2 aromatic rings. The van der Waals surface area contributed by atoms with Crippen molar-refractivity contribution in [3.63, 3.8) is 0 Å². The van der Waals surface area contributed by atoms with Crippen LogP contribution in [0.5, 0.6) is 0 Å². The van der Waals surface area contributed by atoms with Crippen molar-refractivity contribution in [1.29, 1.82) is 0 Å². The highest BCUT2D eigenvalue weighted by molar-refractivity contribution is 5.94. The number of urea groups is 1. The van der Waals surface area contributed by atoms with Gasteiger partial charge in [-0.15, -0.1) is 0 Å². The predicted molar refractivity (Wildman–Crippen MR) is 112 cm³/mol. The van der Waals surface area contributed by atoms with Crippen LogP contribution in [0.4, 0.5) is 15.0 Å². The lowest BCUT2D eigenvalue weighted by Gasteiger charge is -2.51. The number of hydrogen-bond acceptors (Lipinski definition) is 5. The Hall–Kier alpha value is -3.56. The Morgan fingerprint density at radius 3 is 2.28 bits per heavy atom. The van der Waals surface area contributed by atoms with Gasteiger partial charge in [0.1, 0.15) is 23.7 Å². The molecule has 1 heterocycles. The SMILES string of the molecule is O=C(Nc1cc(C(=O)NCc2ccc(F)cc2)ncn1)NC12CCC(C(=O)O)(CC1)CC2. The smallest absolute Gasteiger partial charge is 0.320 e. The third kappa shape index (κ3) is 4.53. The number of amides is 3. The Balaban J connectivity index is 1.32. The van der Waals surface area contributed by atoms with Crippen molar-refractivity contribution in [3.05, 3.63) is 53.7 Å². The van der Waals surface area contributed by atoms with Crippen LogP contribution in [0.25, 0.3) is 0 Å². The first-order valence-electron chi connectivity index (χ1n) is 10.5. The largest absolute Gasteiger partial charge is 0.481 e. The highest BCUT2D eigenvalue weighted by atomic mass is 19.1. The average Bonchev–Trinajstić information content (AvgIpc) is 2.79. The zero-order valence-electron chi connectivity index (χ0n) is 17.4. The molecule has 5 rings (SSSR count). The minimum atomic E-state index is -0.749. The lowest BCUT2D eigenvalue weighted by Crippen LogP contribution is -2.59. The number of nitrogens with one attached hydrogen (secondary N) is 3. The molecular weight excluding hydrogens is 417 g/mol. The number of aromatic nitrogens is 2. The zero-order chi connectivity index (χ0) is 22.8. The summed E-state index contributed by atoms with van der Waals surface area (Å²) in [6.45, 7) is 0.201. The molecule has 4 N–H and O–H groups in total. The van der Waals surface area contributed by atoms with Gasteiger partial charge < -0.3 is 15.7 Å². The van der Waals surface area contributed by atoms with Crippen molar-refractivity contribution < 1.29 is 23.9 Å². The molecule has 0 spiro atoms. The highest BCUT2D eigenvalue weighted by Gasteiger charge is 2.53. The summed E-state index contributed by atoms with van der Waals surface area (Å²) in [7, 11) is 0. The zero-order valence-corrected chi connectivity index (χ0v) is 17.4. The highest BCUT2D eigenvalue weighted by Crippen LogP contribution is 2.52. The van der Waals surface area contributed by atoms with Gasteiger partial charge in [0.2, 0.25) is 0 Å². The van der Waals surface area contributed by atoms with Crippen LogP contribution in [-0.4, -0.2) is 38.5 Å². The van der Waals surface area contributed by atoms with Gasteiger partial charge in [-0.25, -0.2) is 19.2 Å². The van der Waals surface area contributed by atoms with E-state index in [1.807, 2.05) is 0 Å². The molecule has 0 radical (unpaired) electrons. The molecule has 2 bridgehead atoms. The number of carboxylic acids is 1. The molecule has 32 heavy (non-hydrogen) atoms. The molecule has 0 aliphatic heterocycles. The van der Waals surface area contributed by atoms with E-state index in [9.17, 15) is 23.9 Å². The number of anilines is 1. The maximum absolute atomic E-state index is 13.0. The van der Waals surface area contributed by atoms with Crippen LogP contribution in [0.2, 0.25) is 0 Å². The van der Waals surface area contributed by atoms with Crippen molar-refractivity contribution in [2.75, 3.05) is 5.32 Å². The van der Waals surface area contributed by atoms with Crippen molar-refractivity contribution in [2.24, 2.45) is 5.41 Å². The molecule has 10 heteroatoms. The molecule has 0 saturated heterocycles. The number of hydrogen-bond donors (Lipinski definition) is 4. The summed E-state index contributed by atoms with van der Waals surface area (Å²) in [5, 5.41) is 17.8. The summed E-state index contributed by atoms with van der Waals surface area (Å²) < 4.78 is 13.0. The molecule has 1 aromatic carbocycles. The molecule has 0 unspecified atom stereocenters. The first kappa shape index (κ1) is 21.7. The van der Waals surface area contributed by atoms with E-state index in [4.69, 9.17) is 0 Å². The number of nitrogens with zero attached hydrogens (tertiary/aromatic N) is 2. The van der Waals surface area contributed by atoms with Crippen molar-refractivity contribution in [1.82, 2.24) is 20.6 Å². The van der Waals surface area contributed by atoms with Crippen LogP contribution < -0.4 is 16.0 Å². The van der Waals surface area contributed by atoms with Crippen LogP contribution in [-0.2, 0) is 11.3 Å². The number of carbonyl (C=O) groups excluding carboxylic acids is 2. The fourth-order valence-electron chi connectivity index (χ4n) is 4.51. The number of rotatable bonds is 6. The van der Waals surface area contributed by atoms with Crippen molar-refractivity contribution >= 4 is 23.7 Å². The van der Waals surface area contributed by atoms with Gasteiger partial charge in [0.15, 0.2) is 0 Å². The third-order valence-electron chi connectivity index (χ3n) is 6.59. The minimum Gasteiger partial charge on any atom is -0.481 e. The van der Waals surface area contributed by atoms with E-state index in [-0.39, 0.29) is 23.9 Å². The van der Waals surface area contributed by atoms with E-state index < -0.39 is 28.9 Å². The first-order valence-corrected chi connectivity index (χ1v) is 10.5. The van der Waals surface area contributed by atoms with Crippen LogP contribution >= 0.6 is 0 Å². The minimum absolute atomic E-state index is 0.0807. The molecule has 0 atom stereocenters. The topological polar surface area (TPSA) is 133 Å². The van der Waals surface area contributed by atoms with Gasteiger partial charge in [-0.05, 0) is 56.2 Å². The van der Waals surface area contributed by atoms with Crippen molar-refractivity contribution in [2.45, 2.75) is 50.6 Å². The van der Waals surface area contributed by atoms with E-state index in [1.54, 1.807) is 12.1 Å². The Labute approximate surface area is 183 Å². The summed E-state index contributed by atoms with van der Waals surface area (Å²) in [4.78, 5) is 44.4. The standard InChI is InChI=1S/C22H24FN5O4/c23-15-3-1-14(2-4-15)12-24-18(29)16-11-17(26-13-25-16)27-20(32)28-22-8-5-21(6-9-22,7-10-22)19(30)31/h1-4,11,13H,5-10,12H2,(H,24,29)(H,30,31)(H2,25,26,27,28,32). The first-order chi connectivity index (χ1) is 15.3. The second-order valence-corrected chi connectivity index (χ2v) is 8.54. The molecule has 3 aliphatic carbocycles. The Morgan fingerprint density at radius 1 is 1.00 bits per heavy atom. The maximum atomic E-state index is 13.0. The van der Waals surface area contributed by atoms with Gasteiger partial charge >= 0.3 is 12.0 Å². The Kier molecular flexibility index (Phi) is 5.77. The van der Waals surface area contributed by atoms with E-state index in [0.29, 0.717) is 38.5 Å². The van der Waals surface area contributed by atoms with E-state index in [0.717, 1.165) is 5.56 Å². The van der Waals surface area contributed by atoms with E-state index in [2.05, 4.69) is 25.9 Å². The van der Waals surface area contributed by atoms with Gasteiger partial charge in [0, 0.05) is 18.2 Å². The van der Waals surface area contributed by atoms with Crippen LogP contribution in [0.1, 0.15) is 54.6 Å². The number of carbonyl (C=O) groups is 3. The summed E-state index contributed by atoms with van der Waals surface area (Å²) in [6, 6.07) is 6.69. The fourth-order valence-corrected chi connectivity index (χ4v) is 4.51. The van der Waals surface area contributed by atoms with Gasteiger partial charge in [0.25, 0.3) is 5.91 Å². The number of fused-ring (bicyclic) bond motifs is 3. The number of carboxylic acid groups (broad SMARTS) is 1. The van der Waals surface area contributed by atoms with E-state index in [1.165, 1.54) is 24.5 Å². The van der Waals surface area contributed by atoms with Gasteiger partial charge in [-0.2, -0.15) is 0 Å². The molecule has 3 fully saturated rings. The lowest BCUT2D eigenvalue weighted by molar-refractivity contribution is -0.156. The summed E-state index contributed by atoms with van der Waals surface area (Å²) >= 11 is 0. The second-order valence-electron chi connectivity index (χ2n) is 8.54. The molecule has 3 saturated carbocycles. The summed E-state index contributed by atoms with van der Waals surface area (Å²) in [5.41, 5.74) is -0.248. The van der Waals surface area contributed by atoms with Crippen LogP contribution in [0, 0.1) is 11.2 Å². The fraction of sp³-hybridized carbons (Fsp3) is 0.409. The Morgan fingerprint density at radius 2 is 1.66 bits per heavy atom. The molecular formula is C22H24FN5O4. The molecule has 3 aliphatic rings. The van der Waals surface area contributed by atoms with Crippen LogP contribution in [0.15, 0.2) is 36.7 Å². The normalized spacial score (nSPS) is 23.9. The molecule has 9 nitrogen and oxygen atoms in total. The lowest BCUT2D eigenvalue weighted by atomic mass is 9.57. The predicted octanol–water partition coefficient (Wildman–Crippen LogP) is 2.84. The number of halogens is 1. The monoisotopic (exact) mass is 441 g/mol. The van der Waals surface area contributed by atoms with Crippen LogP contribution in [0.3, 0.4) is 0 Å². The van der Waals surface area contributed by atoms with Gasteiger partial charge in [-0.1, -0.05) is 12.1 Å². The summed E-state index contributed by atoms with van der Waals surface area (Å²) in [5.74, 6) is -1.38. The quantitative estimate of drug-likeness (QED) is 0.545. The second kappa shape index (κ2) is 8.52. The maximum Gasteiger partial charge on any atom is 0.320 e.